The number of carbonyl (C=O) groups is 2. The summed E-state index contributed by atoms with van der Waals surface area (Å²) in [4.78, 5) is 30.5. The summed E-state index contributed by atoms with van der Waals surface area (Å²) in [5, 5.41) is 2.92. The number of benzene rings is 1. The molecule has 1 N–H and O–H groups in total. The molecule has 0 aliphatic carbocycles. The number of halogens is 1. The fraction of sp³-hybridized carbons (Fsp3) is 0.389. The largest absolute Gasteiger partial charge is 0.355 e. The highest BCUT2D eigenvalue weighted by Gasteiger charge is 2.51. The number of hydrogen-bond acceptors (Lipinski definition) is 4. The fourth-order valence-electron chi connectivity index (χ4n) is 3.85. The minimum atomic E-state index is -0.642. The first kappa shape index (κ1) is 15.1. The van der Waals surface area contributed by atoms with Crippen LogP contribution >= 0.6 is 0 Å². The van der Waals surface area contributed by atoms with E-state index in [1.54, 1.807) is 6.07 Å². The van der Waals surface area contributed by atoms with Crippen LogP contribution in [0.5, 0.6) is 0 Å². The van der Waals surface area contributed by atoms with Gasteiger partial charge in [-0.1, -0.05) is 6.07 Å². The number of fused-ring (bicyclic) bond motifs is 1. The Labute approximate surface area is 138 Å². The van der Waals surface area contributed by atoms with Crippen molar-refractivity contribution < 1.29 is 14.0 Å². The summed E-state index contributed by atoms with van der Waals surface area (Å²) < 4.78 is 14.0. The van der Waals surface area contributed by atoms with E-state index in [4.69, 9.17) is 0 Å². The van der Waals surface area contributed by atoms with Gasteiger partial charge in [0.15, 0.2) is 0 Å². The second kappa shape index (κ2) is 5.00. The molecule has 6 heteroatoms. The first-order valence-corrected chi connectivity index (χ1v) is 8.05. The van der Waals surface area contributed by atoms with Crippen molar-refractivity contribution in [2.75, 3.05) is 18.0 Å². The zero-order valence-corrected chi connectivity index (χ0v) is 13.6. The van der Waals surface area contributed by atoms with Crippen molar-refractivity contribution in [1.82, 2.24) is 10.3 Å². The number of carbonyl (C=O) groups excluding carboxylic acids is 2. The van der Waals surface area contributed by atoms with Gasteiger partial charge in [0.25, 0.3) is 0 Å². The van der Waals surface area contributed by atoms with Crippen molar-refractivity contribution in [2.45, 2.75) is 26.7 Å². The molecule has 0 radical (unpaired) electrons. The molecule has 2 fully saturated rings. The molecule has 3 heterocycles. The molecule has 1 atom stereocenters. The second-order valence-electron chi connectivity index (χ2n) is 6.90. The monoisotopic (exact) mass is 327 g/mol. The number of amides is 2. The Bertz CT molecular complexity index is 895. The highest BCUT2D eigenvalue weighted by molar-refractivity contribution is 6.06. The highest BCUT2D eigenvalue weighted by atomic mass is 19.1. The quantitative estimate of drug-likeness (QED) is 0.816. The zero-order chi connectivity index (χ0) is 17.1. The summed E-state index contributed by atoms with van der Waals surface area (Å²) >= 11 is 0. The van der Waals surface area contributed by atoms with E-state index >= 15 is 0 Å². The van der Waals surface area contributed by atoms with E-state index in [0.717, 1.165) is 16.9 Å². The van der Waals surface area contributed by atoms with Crippen LogP contribution in [-0.2, 0) is 9.59 Å². The van der Waals surface area contributed by atoms with E-state index in [-0.39, 0.29) is 24.1 Å². The number of hydrogen-bond donors (Lipinski definition) is 1. The normalized spacial score (nSPS) is 23.5. The molecule has 1 spiro atoms. The summed E-state index contributed by atoms with van der Waals surface area (Å²) in [7, 11) is 0. The maximum Gasteiger partial charge on any atom is 0.235 e. The molecule has 5 nitrogen and oxygen atoms in total. The summed E-state index contributed by atoms with van der Waals surface area (Å²) in [6.45, 7) is 4.93. The third-order valence-corrected chi connectivity index (χ3v) is 5.18. The predicted octanol–water partition coefficient (Wildman–Crippen LogP) is 2.23. The third kappa shape index (κ3) is 2.09. The topological polar surface area (TPSA) is 62.3 Å². The molecule has 4 rings (SSSR count). The highest BCUT2D eigenvalue weighted by Crippen LogP contribution is 2.40. The number of pyridine rings is 1. The lowest BCUT2D eigenvalue weighted by Gasteiger charge is -2.23. The molecule has 0 unspecified atom stereocenters. The van der Waals surface area contributed by atoms with Crippen molar-refractivity contribution >= 4 is 28.5 Å². The van der Waals surface area contributed by atoms with Gasteiger partial charge in [0.2, 0.25) is 11.8 Å². The zero-order valence-electron chi connectivity index (χ0n) is 13.6. The molecular weight excluding hydrogens is 309 g/mol. The van der Waals surface area contributed by atoms with Crippen LogP contribution in [0.25, 0.3) is 10.9 Å². The number of imide groups is 1. The molecular formula is C18H18FN3O2. The van der Waals surface area contributed by atoms with Gasteiger partial charge in [-0.25, -0.2) is 9.37 Å². The number of nitrogens with zero attached hydrogens (tertiary/aromatic N) is 2. The first-order valence-electron chi connectivity index (χ1n) is 8.05. The van der Waals surface area contributed by atoms with Crippen LogP contribution in [0.3, 0.4) is 0 Å². The Hall–Kier alpha value is -2.50. The van der Waals surface area contributed by atoms with Crippen LogP contribution in [0.2, 0.25) is 0 Å². The van der Waals surface area contributed by atoms with Crippen molar-refractivity contribution in [2.24, 2.45) is 5.41 Å². The van der Waals surface area contributed by atoms with Crippen LogP contribution in [0, 0.1) is 25.1 Å². The van der Waals surface area contributed by atoms with Gasteiger partial charge >= 0.3 is 0 Å². The maximum atomic E-state index is 14.0. The Morgan fingerprint density at radius 3 is 2.75 bits per heavy atom. The van der Waals surface area contributed by atoms with Gasteiger partial charge in [-0.15, -0.1) is 0 Å². The predicted molar refractivity (Wildman–Crippen MR) is 88.2 cm³/mol. The Morgan fingerprint density at radius 2 is 2.04 bits per heavy atom. The van der Waals surface area contributed by atoms with E-state index in [1.165, 1.54) is 6.07 Å². The molecule has 2 aromatic rings. The van der Waals surface area contributed by atoms with E-state index in [1.807, 2.05) is 24.8 Å². The first-order chi connectivity index (χ1) is 11.4. The SMILES string of the molecule is Cc1cc2c(F)ccc(C)c2nc1N1CC[C@]2(CC(=O)NC2=O)C1. The van der Waals surface area contributed by atoms with Gasteiger partial charge in [-0.05, 0) is 43.5 Å². The number of aromatic nitrogens is 1. The number of rotatable bonds is 1. The lowest BCUT2D eigenvalue weighted by Crippen LogP contribution is -2.35. The molecule has 124 valence electrons. The van der Waals surface area contributed by atoms with Crippen molar-refractivity contribution in [3.05, 3.63) is 35.1 Å². The average Bonchev–Trinajstić information content (AvgIpc) is 3.07. The van der Waals surface area contributed by atoms with Gasteiger partial charge in [0, 0.05) is 24.9 Å². The lowest BCUT2D eigenvalue weighted by atomic mass is 9.85. The second-order valence-corrected chi connectivity index (χ2v) is 6.90. The molecule has 2 amide bonds. The van der Waals surface area contributed by atoms with Gasteiger partial charge in [0.05, 0.1) is 10.9 Å². The third-order valence-electron chi connectivity index (χ3n) is 5.18. The molecule has 0 saturated carbocycles. The van der Waals surface area contributed by atoms with Gasteiger partial charge in [-0.2, -0.15) is 0 Å². The fourth-order valence-corrected chi connectivity index (χ4v) is 3.85. The van der Waals surface area contributed by atoms with Crippen LogP contribution in [-0.4, -0.2) is 29.9 Å². The standard InChI is InChI=1S/C18H18FN3O2/c1-10-3-4-13(19)12-7-11(2)16(21-15(10)12)22-6-5-18(9-22)8-14(23)20-17(18)24/h3-4,7H,5-6,8-9H2,1-2H3,(H,20,23,24)/t18-/m0/s1. The maximum absolute atomic E-state index is 14.0. The minimum Gasteiger partial charge on any atom is -0.355 e. The van der Waals surface area contributed by atoms with E-state index in [9.17, 15) is 14.0 Å². The summed E-state index contributed by atoms with van der Waals surface area (Å²) in [5.74, 6) is 0.0928. The van der Waals surface area contributed by atoms with Crippen LogP contribution in [0.1, 0.15) is 24.0 Å². The summed E-state index contributed by atoms with van der Waals surface area (Å²) in [6.07, 6.45) is 0.870. The molecule has 24 heavy (non-hydrogen) atoms. The molecule has 2 aliphatic heterocycles. The average molecular weight is 327 g/mol. The van der Waals surface area contributed by atoms with Crippen molar-refractivity contribution in [3.63, 3.8) is 0 Å². The Kier molecular flexibility index (Phi) is 3.13. The number of aryl methyl sites for hydroxylation is 2. The molecule has 1 aromatic carbocycles. The molecule has 0 bridgehead atoms. The lowest BCUT2D eigenvalue weighted by molar-refractivity contribution is -0.127. The molecule has 2 saturated heterocycles. The van der Waals surface area contributed by atoms with Crippen molar-refractivity contribution in [3.8, 4) is 0 Å². The number of nitrogens with one attached hydrogen (secondary N) is 1. The van der Waals surface area contributed by atoms with Crippen LogP contribution in [0.4, 0.5) is 10.2 Å². The van der Waals surface area contributed by atoms with Gasteiger partial charge < -0.3 is 4.90 Å². The van der Waals surface area contributed by atoms with Crippen molar-refractivity contribution in [1.29, 1.82) is 0 Å². The van der Waals surface area contributed by atoms with E-state index in [2.05, 4.69) is 10.3 Å². The van der Waals surface area contributed by atoms with Gasteiger partial charge in [0.1, 0.15) is 11.6 Å². The Balaban J connectivity index is 1.75. The molecule has 1 aromatic heterocycles. The number of anilines is 1. The van der Waals surface area contributed by atoms with E-state index < -0.39 is 5.41 Å². The molecule has 2 aliphatic rings. The van der Waals surface area contributed by atoms with E-state index in [0.29, 0.717) is 30.4 Å². The Morgan fingerprint density at radius 1 is 1.25 bits per heavy atom. The minimum absolute atomic E-state index is 0.185. The summed E-state index contributed by atoms with van der Waals surface area (Å²) in [6, 6.07) is 4.99. The van der Waals surface area contributed by atoms with Crippen LogP contribution < -0.4 is 10.2 Å². The summed E-state index contributed by atoms with van der Waals surface area (Å²) in [5.41, 5.74) is 1.78. The smallest absolute Gasteiger partial charge is 0.235 e. The van der Waals surface area contributed by atoms with Gasteiger partial charge in [-0.3, -0.25) is 14.9 Å². The van der Waals surface area contributed by atoms with Crippen LogP contribution in [0.15, 0.2) is 18.2 Å².